The first kappa shape index (κ1) is 36.5. The molecule has 268 valence electrons. The standard InChI is InChI=1S/C36H42F4N6O4/c1-21(2)27-17-23(12-14-41-27)11-13-36(39,40)20-49-28-10-8-9-25(37)29(28)30-26(38)18-24-31(42-30)44(7)33(47)43-32(24)46-16-15-45(19-22(46)3)34(48)50-35(4,5)6/h8-10,12,14,17-18,21-22H,11,13,15-16,19-20H2,1-7H3. The molecule has 4 heterocycles. The summed E-state index contributed by atoms with van der Waals surface area (Å²) in [7, 11) is 1.40. The lowest BCUT2D eigenvalue weighted by atomic mass is 10.0. The zero-order valence-electron chi connectivity index (χ0n) is 29.3. The number of pyridine rings is 2. The Kier molecular flexibility index (Phi) is 10.4. The molecule has 14 heteroatoms. The number of amides is 1. The lowest BCUT2D eigenvalue weighted by Crippen LogP contribution is -2.55. The van der Waals surface area contributed by atoms with Crippen LogP contribution in [-0.2, 0) is 18.2 Å². The maximum Gasteiger partial charge on any atom is 0.410 e. The summed E-state index contributed by atoms with van der Waals surface area (Å²) in [6, 6.07) is 7.80. The van der Waals surface area contributed by atoms with Crippen LogP contribution in [0.4, 0.5) is 28.2 Å². The maximum atomic E-state index is 16.0. The molecule has 0 radical (unpaired) electrons. The summed E-state index contributed by atoms with van der Waals surface area (Å²) in [6.07, 6.45) is 0.641. The number of ether oxygens (including phenoxy) is 2. The molecule has 1 amide bonds. The zero-order valence-corrected chi connectivity index (χ0v) is 29.3. The highest BCUT2D eigenvalue weighted by atomic mass is 19.3. The van der Waals surface area contributed by atoms with E-state index < -0.39 is 59.2 Å². The second kappa shape index (κ2) is 14.2. The Morgan fingerprint density at radius 2 is 1.80 bits per heavy atom. The fraction of sp³-hybridized carbons (Fsp3) is 0.472. The number of alkyl halides is 2. The van der Waals surface area contributed by atoms with Gasteiger partial charge in [-0.15, -0.1) is 0 Å². The van der Waals surface area contributed by atoms with Gasteiger partial charge in [0.2, 0.25) is 0 Å². The Bertz CT molecular complexity index is 1940. The summed E-state index contributed by atoms with van der Waals surface area (Å²) in [5.41, 5.74) is -0.840. The second-order valence-corrected chi connectivity index (χ2v) is 13.9. The highest BCUT2D eigenvalue weighted by Gasteiger charge is 2.33. The van der Waals surface area contributed by atoms with E-state index in [1.165, 1.54) is 19.2 Å². The second-order valence-electron chi connectivity index (χ2n) is 13.9. The van der Waals surface area contributed by atoms with E-state index >= 15 is 17.6 Å². The van der Waals surface area contributed by atoms with Gasteiger partial charge in [0, 0.05) is 51.0 Å². The number of carbonyl (C=O) groups is 1. The minimum absolute atomic E-state index is 0.00387. The molecule has 4 aromatic rings. The normalized spacial score (nSPS) is 15.6. The lowest BCUT2D eigenvalue weighted by Gasteiger charge is -2.41. The molecule has 1 atom stereocenters. The molecule has 1 fully saturated rings. The molecule has 5 rings (SSSR count). The minimum atomic E-state index is -3.30. The first-order valence-electron chi connectivity index (χ1n) is 16.5. The van der Waals surface area contributed by atoms with Gasteiger partial charge in [-0.1, -0.05) is 19.9 Å². The topological polar surface area (TPSA) is 103 Å². The number of aryl methyl sites for hydroxylation is 2. The molecule has 10 nitrogen and oxygen atoms in total. The average molecular weight is 699 g/mol. The molecular formula is C36H42F4N6O4. The van der Waals surface area contributed by atoms with Crippen molar-refractivity contribution in [1.82, 2.24) is 24.4 Å². The van der Waals surface area contributed by atoms with E-state index in [0.29, 0.717) is 5.56 Å². The van der Waals surface area contributed by atoms with Crippen LogP contribution >= 0.6 is 0 Å². The van der Waals surface area contributed by atoms with E-state index in [4.69, 9.17) is 9.47 Å². The van der Waals surface area contributed by atoms with E-state index in [2.05, 4.69) is 15.0 Å². The summed E-state index contributed by atoms with van der Waals surface area (Å²) in [6.45, 7) is 10.8. The molecule has 1 aliphatic rings. The summed E-state index contributed by atoms with van der Waals surface area (Å²) in [5.74, 6) is -5.25. The van der Waals surface area contributed by atoms with Crippen molar-refractivity contribution in [3.63, 3.8) is 0 Å². The van der Waals surface area contributed by atoms with Crippen molar-refractivity contribution in [1.29, 1.82) is 0 Å². The molecule has 1 aromatic carbocycles. The van der Waals surface area contributed by atoms with Crippen LogP contribution in [0.15, 0.2) is 47.4 Å². The van der Waals surface area contributed by atoms with Crippen molar-refractivity contribution in [2.75, 3.05) is 31.1 Å². The predicted molar refractivity (Wildman–Crippen MR) is 182 cm³/mol. The molecule has 0 N–H and O–H groups in total. The van der Waals surface area contributed by atoms with E-state index in [0.717, 1.165) is 22.4 Å². The molecular weight excluding hydrogens is 656 g/mol. The first-order valence-corrected chi connectivity index (χ1v) is 16.5. The number of nitrogens with zero attached hydrogens (tertiary/aromatic N) is 6. The number of piperazine rings is 1. The van der Waals surface area contributed by atoms with Gasteiger partial charge < -0.3 is 19.3 Å². The number of halogens is 4. The SMILES string of the molecule is CC(C)c1cc(CCC(F)(F)COc2cccc(F)c2-c2nc3c(cc2F)c(N2CCN(C(=O)OC(C)(C)C)CC2C)nc(=O)n3C)ccn1. The van der Waals surface area contributed by atoms with Gasteiger partial charge in [0.25, 0.3) is 5.92 Å². The van der Waals surface area contributed by atoms with Crippen LogP contribution in [0.25, 0.3) is 22.3 Å². The Balaban J connectivity index is 1.42. The zero-order chi connectivity index (χ0) is 36.5. The number of hydrogen-bond acceptors (Lipinski definition) is 8. The van der Waals surface area contributed by atoms with Gasteiger partial charge in [-0.25, -0.2) is 32.1 Å². The van der Waals surface area contributed by atoms with Crippen LogP contribution in [0.5, 0.6) is 5.75 Å². The van der Waals surface area contributed by atoms with Gasteiger partial charge in [0.1, 0.15) is 34.3 Å². The molecule has 0 spiro atoms. The fourth-order valence-electron chi connectivity index (χ4n) is 5.78. The Morgan fingerprint density at radius 1 is 1.06 bits per heavy atom. The molecule has 0 saturated carbocycles. The summed E-state index contributed by atoms with van der Waals surface area (Å²) < 4.78 is 73.6. The van der Waals surface area contributed by atoms with Crippen molar-refractivity contribution in [3.8, 4) is 17.0 Å². The average Bonchev–Trinajstić information content (AvgIpc) is 3.04. The first-order chi connectivity index (χ1) is 23.4. The van der Waals surface area contributed by atoms with E-state index in [1.54, 1.807) is 48.9 Å². The van der Waals surface area contributed by atoms with Crippen LogP contribution in [-0.4, -0.2) is 74.3 Å². The largest absolute Gasteiger partial charge is 0.486 e. The highest BCUT2D eigenvalue weighted by Crippen LogP contribution is 2.37. The van der Waals surface area contributed by atoms with Gasteiger partial charge in [0.05, 0.1) is 10.9 Å². The number of fused-ring (bicyclic) bond motifs is 1. The fourth-order valence-corrected chi connectivity index (χ4v) is 5.78. The van der Waals surface area contributed by atoms with Crippen molar-refractivity contribution < 1.29 is 31.8 Å². The van der Waals surface area contributed by atoms with E-state index in [-0.39, 0.29) is 60.6 Å². The highest BCUT2D eigenvalue weighted by molar-refractivity contribution is 5.90. The predicted octanol–water partition coefficient (Wildman–Crippen LogP) is 6.88. The summed E-state index contributed by atoms with van der Waals surface area (Å²) >= 11 is 0. The van der Waals surface area contributed by atoms with Crippen LogP contribution in [0.2, 0.25) is 0 Å². The van der Waals surface area contributed by atoms with E-state index in [9.17, 15) is 9.59 Å². The molecule has 50 heavy (non-hydrogen) atoms. The molecule has 1 aliphatic heterocycles. The van der Waals surface area contributed by atoms with Gasteiger partial charge >= 0.3 is 11.8 Å². The van der Waals surface area contributed by atoms with Gasteiger partial charge in [-0.3, -0.25) is 9.55 Å². The Hall–Kier alpha value is -4.75. The maximum absolute atomic E-state index is 16.0. The van der Waals surface area contributed by atoms with Gasteiger partial charge in [-0.2, -0.15) is 4.98 Å². The van der Waals surface area contributed by atoms with Gasteiger partial charge in [-0.05, 0) is 75.9 Å². The smallest absolute Gasteiger partial charge is 0.410 e. The Morgan fingerprint density at radius 3 is 2.48 bits per heavy atom. The van der Waals surface area contributed by atoms with Crippen molar-refractivity contribution in [2.24, 2.45) is 7.05 Å². The molecule has 3 aromatic heterocycles. The van der Waals surface area contributed by atoms with Crippen molar-refractivity contribution >= 4 is 22.9 Å². The molecule has 0 aliphatic carbocycles. The van der Waals surface area contributed by atoms with Crippen molar-refractivity contribution in [3.05, 3.63) is 76.0 Å². The van der Waals surface area contributed by atoms with Crippen LogP contribution < -0.4 is 15.3 Å². The van der Waals surface area contributed by atoms with E-state index in [1.807, 2.05) is 20.8 Å². The summed E-state index contributed by atoms with van der Waals surface area (Å²) in [4.78, 5) is 41.9. The number of rotatable bonds is 9. The van der Waals surface area contributed by atoms with Crippen LogP contribution in [0, 0.1) is 11.6 Å². The monoisotopic (exact) mass is 698 g/mol. The number of anilines is 1. The van der Waals surface area contributed by atoms with Crippen LogP contribution in [0.3, 0.4) is 0 Å². The lowest BCUT2D eigenvalue weighted by molar-refractivity contribution is -0.0472. The number of aromatic nitrogens is 4. The number of benzene rings is 1. The summed E-state index contributed by atoms with van der Waals surface area (Å²) in [5, 5.41) is 0.174. The molecule has 1 saturated heterocycles. The third-order valence-corrected chi connectivity index (χ3v) is 8.42. The van der Waals surface area contributed by atoms with Gasteiger partial charge in [0.15, 0.2) is 12.4 Å². The quantitative estimate of drug-likeness (QED) is 0.174. The third-order valence-electron chi connectivity index (χ3n) is 8.42. The Labute approximate surface area is 288 Å². The number of hydrogen-bond donors (Lipinski definition) is 0. The molecule has 0 bridgehead atoms. The number of carbonyl (C=O) groups excluding carboxylic acids is 1. The van der Waals surface area contributed by atoms with Crippen LogP contribution in [0.1, 0.15) is 65.1 Å². The minimum Gasteiger partial charge on any atom is -0.486 e. The van der Waals surface area contributed by atoms with Crippen molar-refractivity contribution in [2.45, 2.75) is 77.9 Å². The molecule has 1 unspecified atom stereocenters. The third kappa shape index (κ3) is 8.16.